The molecule has 4 rings (SSSR count). The minimum absolute atomic E-state index is 0.120. The van der Waals surface area contributed by atoms with Crippen molar-refractivity contribution >= 4 is 17.8 Å². The van der Waals surface area contributed by atoms with E-state index in [0.29, 0.717) is 24.8 Å². The maximum Gasteiger partial charge on any atom is 0.306 e. The Labute approximate surface area is 147 Å². The summed E-state index contributed by atoms with van der Waals surface area (Å²) in [5, 5.41) is 15.7. The maximum absolute atomic E-state index is 12.2. The molecule has 0 aliphatic heterocycles. The largest absolute Gasteiger partial charge is 0.456 e. The van der Waals surface area contributed by atoms with Crippen LogP contribution in [-0.2, 0) is 19.1 Å². The summed E-state index contributed by atoms with van der Waals surface area (Å²) < 4.78 is 5.10. The molecule has 4 aliphatic carbocycles. The third-order valence-electron chi connectivity index (χ3n) is 5.86. The van der Waals surface area contributed by atoms with Crippen molar-refractivity contribution in [2.75, 3.05) is 19.7 Å². The molecule has 140 valence electrons. The summed E-state index contributed by atoms with van der Waals surface area (Å²) >= 11 is 0. The lowest BCUT2D eigenvalue weighted by molar-refractivity contribution is -0.177. The van der Waals surface area contributed by atoms with Gasteiger partial charge in [0.1, 0.15) is 0 Å². The Morgan fingerprint density at radius 2 is 1.76 bits per heavy atom. The third-order valence-corrected chi connectivity index (χ3v) is 5.86. The van der Waals surface area contributed by atoms with Gasteiger partial charge in [-0.2, -0.15) is 0 Å². The zero-order valence-electron chi connectivity index (χ0n) is 14.8. The molecule has 4 fully saturated rings. The van der Waals surface area contributed by atoms with Crippen LogP contribution in [0, 0.1) is 17.3 Å². The van der Waals surface area contributed by atoms with Crippen molar-refractivity contribution in [3.8, 4) is 0 Å². The molecule has 0 aromatic carbocycles. The van der Waals surface area contributed by atoms with Gasteiger partial charge in [0.25, 0.3) is 5.91 Å². The Hall–Kier alpha value is -1.63. The fourth-order valence-corrected chi connectivity index (χ4v) is 5.60. The van der Waals surface area contributed by atoms with Gasteiger partial charge in [0.2, 0.25) is 5.91 Å². The van der Waals surface area contributed by atoms with E-state index in [0.717, 1.165) is 25.7 Å². The van der Waals surface area contributed by atoms with Gasteiger partial charge >= 0.3 is 5.97 Å². The number of likely N-dealkylation sites (N-methyl/N-ethyl adjacent to an activating group) is 1. The summed E-state index contributed by atoms with van der Waals surface area (Å²) in [6.45, 7) is 1.80. The average molecular weight is 352 g/mol. The van der Waals surface area contributed by atoms with Crippen LogP contribution >= 0.6 is 0 Å². The van der Waals surface area contributed by atoms with Crippen molar-refractivity contribution in [3.63, 3.8) is 0 Å². The van der Waals surface area contributed by atoms with Crippen LogP contribution in [0.4, 0.5) is 0 Å². The number of ether oxygens (including phenoxy) is 1. The normalized spacial score (nSPS) is 35.3. The number of hydrogen-bond donors (Lipinski definition) is 3. The number of hydrogen-bond acceptors (Lipinski definition) is 5. The van der Waals surface area contributed by atoms with Gasteiger partial charge in [-0.15, -0.1) is 0 Å². The van der Waals surface area contributed by atoms with Crippen molar-refractivity contribution in [3.05, 3.63) is 0 Å². The molecule has 7 nitrogen and oxygen atoms in total. The third kappa shape index (κ3) is 4.32. The fraction of sp³-hybridized carbons (Fsp3) is 0.833. The summed E-state index contributed by atoms with van der Waals surface area (Å²) in [5.74, 6) is -0.120. The number of nitrogens with one attached hydrogen (secondary N) is 2. The van der Waals surface area contributed by atoms with Gasteiger partial charge in [-0.3, -0.25) is 14.4 Å². The Morgan fingerprint density at radius 3 is 2.36 bits per heavy atom. The van der Waals surface area contributed by atoms with Gasteiger partial charge in [-0.25, -0.2) is 0 Å². The fourth-order valence-electron chi connectivity index (χ4n) is 5.60. The van der Waals surface area contributed by atoms with Gasteiger partial charge in [0.05, 0.1) is 18.6 Å². The molecule has 0 heterocycles. The molecule has 4 aliphatic rings. The predicted octanol–water partition coefficient (Wildman–Crippen LogP) is 0.503. The van der Waals surface area contributed by atoms with Crippen LogP contribution in [0.25, 0.3) is 0 Å². The van der Waals surface area contributed by atoms with E-state index >= 15 is 0 Å². The number of carbonyl (C=O) groups excluding carboxylic acids is 3. The van der Waals surface area contributed by atoms with Crippen LogP contribution in [0.15, 0.2) is 0 Å². The molecule has 0 aromatic rings. The van der Waals surface area contributed by atoms with Crippen LogP contribution in [0.1, 0.15) is 51.9 Å². The number of carbonyl (C=O) groups is 3. The number of amides is 2. The molecule has 0 saturated heterocycles. The topological polar surface area (TPSA) is 105 Å². The Bertz CT molecular complexity index is 548. The van der Waals surface area contributed by atoms with Crippen LogP contribution in [-0.4, -0.2) is 48.2 Å². The van der Waals surface area contributed by atoms with E-state index in [2.05, 4.69) is 10.6 Å². The molecule has 7 heteroatoms. The number of aliphatic hydroxyl groups is 1. The first-order valence-corrected chi connectivity index (χ1v) is 9.23. The molecule has 0 aromatic heterocycles. The quantitative estimate of drug-likeness (QED) is 0.579. The molecular weight excluding hydrogens is 324 g/mol. The van der Waals surface area contributed by atoms with Crippen molar-refractivity contribution in [2.45, 2.75) is 57.5 Å². The van der Waals surface area contributed by atoms with Crippen molar-refractivity contribution in [1.82, 2.24) is 10.6 Å². The van der Waals surface area contributed by atoms with E-state index in [1.54, 1.807) is 6.92 Å². The second kappa shape index (κ2) is 6.94. The smallest absolute Gasteiger partial charge is 0.306 e. The summed E-state index contributed by atoms with van der Waals surface area (Å²) in [6.07, 6.45) is 5.79. The number of esters is 1. The summed E-state index contributed by atoms with van der Waals surface area (Å²) in [7, 11) is 0. The van der Waals surface area contributed by atoms with Crippen LogP contribution in [0.2, 0.25) is 0 Å². The second-order valence-corrected chi connectivity index (χ2v) is 8.25. The molecule has 0 spiro atoms. The molecule has 4 atom stereocenters. The van der Waals surface area contributed by atoms with Gasteiger partial charge in [-0.05, 0) is 62.7 Å². The highest BCUT2D eigenvalue weighted by atomic mass is 16.5. The van der Waals surface area contributed by atoms with Crippen LogP contribution in [0.5, 0.6) is 0 Å². The van der Waals surface area contributed by atoms with Crippen LogP contribution < -0.4 is 10.6 Å². The van der Waals surface area contributed by atoms with Gasteiger partial charge in [0, 0.05) is 6.54 Å². The van der Waals surface area contributed by atoms with E-state index in [-0.39, 0.29) is 30.9 Å². The number of rotatable bonds is 7. The summed E-state index contributed by atoms with van der Waals surface area (Å²) in [4.78, 5) is 35.2. The maximum atomic E-state index is 12.2. The van der Waals surface area contributed by atoms with Gasteiger partial charge in [-0.1, -0.05) is 0 Å². The molecular formula is C18H28N2O5. The molecule has 25 heavy (non-hydrogen) atoms. The van der Waals surface area contributed by atoms with Crippen molar-refractivity contribution < 1.29 is 24.2 Å². The molecule has 2 unspecified atom stereocenters. The Kier molecular flexibility index (Phi) is 5.04. The first-order chi connectivity index (χ1) is 11.8. The SMILES string of the molecule is CCNC(=O)CNC(=O)COC(=O)CC12C[C@@H]3C[C@@H](CC(O)(C3)C1)C2. The summed E-state index contributed by atoms with van der Waals surface area (Å²) in [6, 6.07) is 0. The average Bonchev–Trinajstić information content (AvgIpc) is 2.48. The monoisotopic (exact) mass is 352 g/mol. The standard InChI is InChI=1S/C18H28N2O5/c1-2-19-14(21)9-20-15(22)10-25-16(23)8-17-4-12-3-13(5-17)7-18(24,6-12)11-17/h12-13,24H,2-11H2,1H3,(H,19,21)(H,20,22)/t12-,13+,17?,18?. The van der Waals surface area contributed by atoms with Gasteiger partial charge in [0.15, 0.2) is 6.61 Å². The van der Waals surface area contributed by atoms with E-state index in [1.165, 1.54) is 6.42 Å². The zero-order chi connectivity index (χ0) is 18.1. The highest BCUT2D eigenvalue weighted by molar-refractivity contribution is 5.86. The van der Waals surface area contributed by atoms with E-state index < -0.39 is 17.5 Å². The van der Waals surface area contributed by atoms with E-state index in [1.807, 2.05) is 0 Å². The van der Waals surface area contributed by atoms with Crippen molar-refractivity contribution in [2.24, 2.45) is 17.3 Å². The molecule has 3 N–H and O–H groups in total. The second-order valence-electron chi connectivity index (χ2n) is 8.25. The highest BCUT2D eigenvalue weighted by Crippen LogP contribution is 2.62. The Morgan fingerprint density at radius 1 is 1.08 bits per heavy atom. The zero-order valence-corrected chi connectivity index (χ0v) is 14.8. The summed E-state index contributed by atoms with van der Waals surface area (Å²) in [5.41, 5.74) is -0.762. The lowest BCUT2D eigenvalue weighted by atomic mass is 9.47. The first kappa shape index (κ1) is 18.2. The minimum atomic E-state index is -0.603. The molecule has 4 saturated carbocycles. The Balaban J connectivity index is 1.44. The highest BCUT2D eigenvalue weighted by Gasteiger charge is 2.57. The predicted molar refractivity (Wildman–Crippen MR) is 89.3 cm³/mol. The molecule has 2 amide bonds. The van der Waals surface area contributed by atoms with Crippen molar-refractivity contribution in [1.29, 1.82) is 0 Å². The van der Waals surface area contributed by atoms with Crippen LogP contribution in [0.3, 0.4) is 0 Å². The molecule has 4 bridgehead atoms. The van der Waals surface area contributed by atoms with E-state index in [9.17, 15) is 19.5 Å². The lowest BCUT2D eigenvalue weighted by Crippen LogP contribution is -2.56. The van der Waals surface area contributed by atoms with Gasteiger partial charge < -0.3 is 20.5 Å². The van der Waals surface area contributed by atoms with E-state index in [4.69, 9.17) is 4.74 Å². The molecule has 0 radical (unpaired) electrons. The first-order valence-electron chi connectivity index (χ1n) is 9.23. The minimum Gasteiger partial charge on any atom is -0.456 e. The lowest BCUT2D eigenvalue weighted by Gasteiger charge is -2.60.